The molecule has 1 heterocycles. The van der Waals surface area contributed by atoms with Crippen molar-refractivity contribution in [3.63, 3.8) is 0 Å². The van der Waals surface area contributed by atoms with Gasteiger partial charge in [-0.2, -0.15) is 0 Å². The molecule has 0 bridgehead atoms. The van der Waals surface area contributed by atoms with Crippen molar-refractivity contribution in [1.29, 1.82) is 0 Å². The molecule has 1 aliphatic rings. The van der Waals surface area contributed by atoms with Gasteiger partial charge in [0.05, 0.1) is 19.1 Å². The lowest BCUT2D eigenvalue weighted by molar-refractivity contribution is 0.522. The topological polar surface area (TPSA) is 12.5 Å². The lowest BCUT2D eigenvalue weighted by Crippen LogP contribution is -2.18. The van der Waals surface area contributed by atoms with Gasteiger partial charge in [-0.3, -0.25) is 0 Å². The van der Waals surface area contributed by atoms with Crippen molar-refractivity contribution < 1.29 is 4.74 Å². The number of ether oxygens (including phenoxy) is 1. The van der Waals surface area contributed by atoms with E-state index in [0.717, 1.165) is 21.3 Å². The minimum Gasteiger partial charge on any atom is -0.471 e. The van der Waals surface area contributed by atoms with Gasteiger partial charge in [-0.1, -0.05) is 30.2 Å². The average molecular weight is 261 g/mol. The van der Waals surface area contributed by atoms with Gasteiger partial charge in [-0.25, -0.2) is 0 Å². The molecule has 1 aliphatic heterocycles. The molecule has 0 saturated heterocycles. The van der Waals surface area contributed by atoms with Crippen LogP contribution in [0.3, 0.4) is 0 Å². The monoisotopic (exact) mass is 261 g/mol. The maximum absolute atomic E-state index is 5.50. The second-order valence-electron chi connectivity index (χ2n) is 4.79. The van der Waals surface area contributed by atoms with Crippen molar-refractivity contribution in [2.24, 2.45) is 0 Å². The van der Waals surface area contributed by atoms with Gasteiger partial charge >= 0.3 is 0 Å². The molecule has 98 valence electrons. The van der Waals surface area contributed by atoms with Crippen LogP contribution in [0.5, 0.6) is 0 Å². The molecular formula is C18H15NO. The van der Waals surface area contributed by atoms with Crippen LogP contribution in [-0.4, -0.2) is 13.6 Å². The second-order valence-corrected chi connectivity index (χ2v) is 4.79. The van der Waals surface area contributed by atoms with Crippen molar-refractivity contribution >= 4 is 18.2 Å². The summed E-state index contributed by atoms with van der Waals surface area (Å²) in [5.74, 6) is 2.66. The first-order chi connectivity index (χ1) is 9.79. The highest BCUT2D eigenvalue weighted by Gasteiger charge is 2.01. The normalized spacial score (nSPS) is 11.6. The molecule has 2 aromatic carbocycles. The zero-order valence-corrected chi connectivity index (χ0v) is 11.3. The van der Waals surface area contributed by atoms with Crippen LogP contribution >= 0.6 is 0 Å². The summed E-state index contributed by atoms with van der Waals surface area (Å²) >= 11 is 0. The van der Waals surface area contributed by atoms with Crippen LogP contribution in [0.25, 0.3) is 12.5 Å². The van der Waals surface area contributed by atoms with E-state index in [1.807, 2.05) is 19.2 Å². The Bertz CT molecular complexity index is 890. The zero-order chi connectivity index (χ0) is 13.9. The summed E-state index contributed by atoms with van der Waals surface area (Å²) in [4.78, 5) is 2.05. The third-order valence-electron chi connectivity index (χ3n) is 3.45. The Balaban J connectivity index is 2.38. The maximum atomic E-state index is 5.50. The Kier molecular flexibility index (Phi) is 3.18. The Morgan fingerprint density at radius 3 is 2.60 bits per heavy atom. The molecule has 0 aromatic heterocycles. The van der Waals surface area contributed by atoms with Gasteiger partial charge in [0.2, 0.25) is 0 Å². The van der Waals surface area contributed by atoms with E-state index in [2.05, 4.69) is 41.2 Å². The number of hydrogen-bond donors (Lipinski definition) is 0. The maximum Gasteiger partial charge on any atom is 0.0980 e. The SMILES string of the molecule is C#CCN(C)c1ccc2c(c1)=c1ccccc1=COC=2. The molecule has 20 heavy (non-hydrogen) atoms. The molecule has 0 N–H and O–H groups in total. The van der Waals surface area contributed by atoms with E-state index in [1.54, 1.807) is 12.5 Å². The van der Waals surface area contributed by atoms with Crippen LogP contribution in [0.4, 0.5) is 5.69 Å². The first-order valence-electron chi connectivity index (χ1n) is 6.49. The van der Waals surface area contributed by atoms with Crippen molar-refractivity contribution in [3.8, 4) is 12.3 Å². The summed E-state index contributed by atoms with van der Waals surface area (Å²) in [6.45, 7) is 0.590. The average Bonchev–Trinajstić information content (AvgIpc) is 2.66. The Labute approximate surface area is 117 Å². The quantitative estimate of drug-likeness (QED) is 0.761. The van der Waals surface area contributed by atoms with Crippen LogP contribution in [0.15, 0.2) is 42.5 Å². The number of hydrogen-bond acceptors (Lipinski definition) is 2. The molecule has 2 aromatic rings. The number of benzene rings is 2. The predicted octanol–water partition coefficient (Wildman–Crippen LogP) is 1.55. The lowest BCUT2D eigenvalue weighted by atomic mass is 10.1. The van der Waals surface area contributed by atoms with Crippen LogP contribution in [-0.2, 0) is 4.74 Å². The number of fused-ring (bicyclic) bond motifs is 2. The summed E-state index contributed by atoms with van der Waals surface area (Å²) in [5.41, 5.74) is 1.10. The van der Waals surface area contributed by atoms with Gasteiger partial charge in [0, 0.05) is 23.2 Å². The van der Waals surface area contributed by atoms with Crippen LogP contribution in [0, 0.1) is 22.8 Å². The largest absolute Gasteiger partial charge is 0.471 e. The predicted molar refractivity (Wildman–Crippen MR) is 81.9 cm³/mol. The highest BCUT2D eigenvalue weighted by atomic mass is 16.5. The van der Waals surface area contributed by atoms with Crippen LogP contribution < -0.4 is 15.3 Å². The first-order valence-corrected chi connectivity index (χ1v) is 6.49. The van der Waals surface area contributed by atoms with Gasteiger partial charge in [0.1, 0.15) is 0 Å². The summed E-state index contributed by atoms with van der Waals surface area (Å²) < 4.78 is 5.50. The third kappa shape index (κ3) is 2.15. The molecular weight excluding hydrogens is 246 g/mol. The fourth-order valence-electron chi connectivity index (χ4n) is 2.37. The van der Waals surface area contributed by atoms with E-state index < -0.39 is 0 Å². The van der Waals surface area contributed by atoms with E-state index in [4.69, 9.17) is 11.2 Å². The molecule has 0 radical (unpaired) electrons. The van der Waals surface area contributed by atoms with Crippen LogP contribution in [0.2, 0.25) is 0 Å². The summed E-state index contributed by atoms with van der Waals surface area (Å²) in [6.07, 6.45) is 8.94. The van der Waals surface area contributed by atoms with Crippen molar-refractivity contribution in [2.75, 3.05) is 18.5 Å². The zero-order valence-electron chi connectivity index (χ0n) is 11.3. The minimum absolute atomic E-state index is 0.590. The first kappa shape index (κ1) is 12.4. The smallest absolute Gasteiger partial charge is 0.0980 e. The molecule has 3 rings (SSSR count). The molecule has 0 saturated carbocycles. The van der Waals surface area contributed by atoms with E-state index in [1.165, 1.54) is 5.22 Å². The summed E-state index contributed by atoms with van der Waals surface area (Å²) in [7, 11) is 2.00. The highest BCUT2D eigenvalue weighted by molar-refractivity contribution is 5.49. The lowest BCUT2D eigenvalue weighted by Gasteiger charge is -2.15. The Morgan fingerprint density at radius 2 is 1.80 bits per heavy atom. The van der Waals surface area contributed by atoms with Gasteiger partial charge in [0.25, 0.3) is 0 Å². The summed E-state index contributed by atoms with van der Waals surface area (Å²) in [5, 5.41) is 4.49. The molecule has 0 unspecified atom stereocenters. The van der Waals surface area contributed by atoms with Gasteiger partial charge in [-0.05, 0) is 28.6 Å². The Hall–Kier alpha value is -2.66. The van der Waals surface area contributed by atoms with Gasteiger partial charge < -0.3 is 9.64 Å². The van der Waals surface area contributed by atoms with Gasteiger partial charge in [0.15, 0.2) is 0 Å². The number of terminal acetylenes is 1. The molecule has 0 amide bonds. The number of rotatable bonds is 2. The van der Waals surface area contributed by atoms with Crippen molar-refractivity contribution in [2.45, 2.75) is 0 Å². The molecule has 0 atom stereocenters. The molecule has 2 nitrogen and oxygen atoms in total. The fourth-order valence-corrected chi connectivity index (χ4v) is 2.37. The standard InChI is InChI=1S/C18H15NO/c1-3-10-19(2)16-9-8-15-13-20-12-14-6-4-5-7-17(14)18(15)11-16/h1,4-9,11-13H,10H2,2H3. The molecule has 2 heteroatoms. The van der Waals surface area contributed by atoms with Crippen molar-refractivity contribution in [1.82, 2.24) is 0 Å². The van der Waals surface area contributed by atoms with E-state index >= 15 is 0 Å². The third-order valence-corrected chi connectivity index (χ3v) is 3.45. The second kappa shape index (κ2) is 5.14. The van der Waals surface area contributed by atoms with E-state index in [0.29, 0.717) is 6.54 Å². The molecule has 0 aliphatic carbocycles. The number of anilines is 1. The molecule has 0 spiro atoms. The highest BCUT2D eigenvalue weighted by Crippen LogP contribution is 2.10. The van der Waals surface area contributed by atoms with Crippen LogP contribution in [0.1, 0.15) is 0 Å². The van der Waals surface area contributed by atoms with E-state index in [-0.39, 0.29) is 0 Å². The Morgan fingerprint density at radius 1 is 1.05 bits per heavy atom. The van der Waals surface area contributed by atoms with Crippen molar-refractivity contribution in [3.05, 3.63) is 63.3 Å². The summed E-state index contributed by atoms with van der Waals surface area (Å²) in [6, 6.07) is 14.5. The molecule has 0 fully saturated rings. The van der Waals surface area contributed by atoms with E-state index in [9.17, 15) is 0 Å². The van der Waals surface area contributed by atoms with Gasteiger partial charge in [-0.15, -0.1) is 6.42 Å². The fraction of sp³-hybridized carbons (Fsp3) is 0.111. The number of nitrogens with zero attached hydrogens (tertiary/aromatic N) is 1. The minimum atomic E-state index is 0.590.